The Morgan fingerprint density at radius 3 is 2.44 bits per heavy atom. The van der Waals surface area contributed by atoms with Gasteiger partial charge in [-0.25, -0.2) is 8.42 Å². The number of carbonyl (C=O) groups is 2. The first-order valence-electron chi connectivity index (χ1n) is 13.2. The number of carboxylic acids is 1. The van der Waals surface area contributed by atoms with Crippen LogP contribution >= 0.6 is 11.6 Å². The Hall–Kier alpha value is -3.73. The lowest BCUT2D eigenvalue weighted by atomic mass is 9.89. The van der Waals surface area contributed by atoms with Crippen LogP contribution in [0.5, 0.6) is 0 Å². The van der Waals surface area contributed by atoms with Crippen molar-refractivity contribution in [3.63, 3.8) is 0 Å². The quantitative estimate of drug-likeness (QED) is 0.286. The highest BCUT2D eigenvalue weighted by molar-refractivity contribution is 7.92. The highest BCUT2D eigenvalue weighted by Crippen LogP contribution is 2.38. The topological polar surface area (TPSA) is 119 Å². The van der Waals surface area contributed by atoms with E-state index in [0.29, 0.717) is 64.0 Å². The number of aliphatic imine (C=N–C) groups is 1. The number of hydrogen-bond donors (Lipinski definition) is 2. The molecule has 1 amide bonds. The first kappa shape index (κ1) is 30.2. The van der Waals surface area contributed by atoms with E-state index < -0.39 is 21.9 Å². The van der Waals surface area contributed by atoms with Crippen LogP contribution in [0.4, 0.5) is 17.1 Å². The van der Waals surface area contributed by atoms with Crippen molar-refractivity contribution >= 4 is 56.3 Å². The zero-order valence-electron chi connectivity index (χ0n) is 23.2. The number of carbonyl (C=O) groups excluding carboxylic acids is 1. The number of likely N-dealkylation sites (N-methyl/N-ethyl adjacent to an activating group) is 1. The summed E-state index contributed by atoms with van der Waals surface area (Å²) in [5, 5.41) is 12.7. The fourth-order valence-electron chi connectivity index (χ4n) is 4.74. The summed E-state index contributed by atoms with van der Waals surface area (Å²) in [5.74, 6) is -1.96. The molecule has 0 saturated heterocycles. The van der Waals surface area contributed by atoms with Crippen LogP contribution in [0, 0.1) is 0 Å². The summed E-state index contributed by atoms with van der Waals surface area (Å²) in [5.41, 5.74) is 3.96. The molecule has 41 heavy (non-hydrogen) atoms. The molecule has 0 aromatic heterocycles. The van der Waals surface area contributed by atoms with Crippen molar-refractivity contribution in [2.24, 2.45) is 4.99 Å². The molecular weight excluding hydrogens is 564 g/mol. The molecule has 0 saturated carbocycles. The van der Waals surface area contributed by atoms with Gasteiger partial charge in [0.15, 0.2) is 0 Å². The largest absolute Gasteiger partial charge is 0.481 e. The third-order valence-electron chi connectivity index (χ3n) is 6.63. The van der Waals surface area contributed by atoms with E-state index in [1.807, 2.05) is 25.9 Å². The van der Waals surface area contributed by atoms with Gasteiger partial charge >= 0.3 is 5.97 Å². The van der Waals surface area contributed by atoms with Gasteiger partial charge in [0.05, 0.1) is 29.3 Å². The molecule has 4 rings (SSSR count). The summed E-state index contributed by atoms with van der Waals surface area (Å²) in [7, 11) is 0.266. The number of amides is 1. The molecule has 1 unspecified atom stereocenters. The van der Waals surface area contributed by atoms with Crippen LogP contribution in [-0.2, 0) is 26.0 Å². The number of aliphatic carboxylic acids is 1. The van der Waals surface area contributed by atoms with Crippen LogP contribution in [0.2, 0.25) is 5.02 Å². The maximum Gasteiger partial charge on any atom is 0.307 e. The number of fused-ring (bicyclic) bond motifs is 1. The van der Waals surface area contributed by atoms with E-state index in [1.165, 1.54) is 4.31 Å². The lowest BCUT2D eigenvalue weighted by Crippen LogP contribution is -2.38. The lowest BCUT2D eigenvalue weighted by Gasteiger charge is -2.26. The molecule has 11 heteroatoms. The predicted octanol–water partition coefficient (Wildman–Crippen LogP) is 4.93. The Labute approximate surface area is 245 Å². The van der Waals surface area contributed by atoms with Crippen LogP contribution < -0.4 is 9.62 Å². The first-order chi connectivity index (χ1) is 19.5. The van der Waals surface area contributed by atoms with Gasteiger partial charge in [-0.3, -0.25) is 18.9 Å². The standard InChI is InChI=1S/C30H33ClN4O5S/c1-4-16-41(39,40)35(15-14-34(2)3)24-11-9-23(10-12-24)32-29(21-7-5-6-20(17-21)18-27(36)37)28-25-13-8-22(31)19-26(25)33-30(28)38/h5-13,17,19,28H,4,14-16,18H2,1-3H3,(H,33,38)(H,36,37). The van der Waals surface area contributed by atoms with Crippen LogP contribution in [0.15, 0.2) is 71.7 Å². The molecule has 0 spiro atoms. The molecule has 3 aromatic carbocycles. The molecule has 0 aliphatic carbocycles. The molecule has 216 valence electrons. The maximum atomic E-state index is 13.2. The smallest absolute Gasteiger partial charge is 0.307 e. The molecule has 1 heterocycles. The average molecular weight is 597 g/mol. The average Bonchev–Trinajstić information content (AvgIpc) is 3.22. The molecule has 2 N–H and O–H groups in total. The van der Waals surface area contributed by atoms with Gasteiger partial charge in [0.2, 0.25) is 15.9 Å². The van der Waals surface area contributed by atoms with Crippen molar-refractivity contribution < 1.29 is 23.1 Å². The zero-order valence-corrected chi connectivity index (χ0v) is 24.7. The van der Waals surface area contributed by atoms with Gasteiger partial charge < -0.3 is 15.3 Å². The second-order valence-corrected chi connectivity index (χ2v) is 12.6. The zero-order chi connectivity index (χ0) is 29.7. The minimum Gasteiger partial charge on any atom is -0.481 e. The number of nitrogens with zero attached hydrogens (tertiary/aromatic N) is 3. The van der Waals surface area contributed by atoms with Gasteiger partial charge in [0.1, 0.15) is 5.92 Å². The molecule has 0 fully saturated rings. The van der Waals surface area contributed by atoms with Crippen molar-refractivity contribution in [1.82, 2.24) is 4.90 Å². The second kappa shape index (κ2) is 12.8. The van der Waals surface area contributed by atoms with Crippen molar-refractivity contribution in [2.75, 3.05) is 42.6 Å². The number of nitrogens with one attached hydrogen (secondary N) is 1. The fourth-order valence-corrected chi connectivity index (χ4v) is 6.45. The number of benzene rings is 3. The Morgan fingerprint density at radius 2 is 1.78 bits per heavy atom. The number of hydrogen-bond acceptors (Lipinski definition) is 6. The Bertz CT molecular complexity index is 1570. The highest BCUT2D eigenvalue weighted by atomic mass is 35.5. The minimum atomic E-state index is -3.51. The summed E-state index contributed by atoms with van der Waals surface area (Å²) in [6.07, 6.45) is 0.331. The first-order valence-corrected chi connectivity index (χ1v) is 15.2. The molecule has 1 aliphatic rings. The van der Waals surface area contributed by atoms with Gasteiger partial charge in [0.25, 0.3) is 0 Å². The van der Waals surface area contributed by atoms with Crippen molar-refractivity contribution in [3.05, 3.63) is 88.4 Å². The van der Waals surface area contributed by atoms with Crippen LogP contribution in [-0.4, -0.2) is 69.0 Å². The van der Waals surface area contributed by atoms with E-state index >= 15 is 0 Å². The third-order valence-corrected chi connectivity index (χ3v) is 8.86. The molecular formula is C30H33ClN4O5S. The predicted molar refractivity (Wildman–Crippen MR) is 163 cm³/mol. The number of anilines is 2. The van der Waals surface area contributed by atoms with E-state index in [-0.39, 0.29) is 18.1 Å². The van der Waals surface area contributed by atoms with E-state index in [9.17, 15) is 23.1 Å². The SMILES string of the molecule is CCCS(=O)(=O)N(CCN(C)C)c1ccc(N=C(c2cccc(CC(=O)O)c2)C2C(=O)Nc3cc(Cl)ccc32)cc1. The van der Waals surface area contributed by atoms with Crippen molar-refractivity contribution in [2.45, 2.75) is 25.7 Å². The second-order valence-electron chi connectivity index (χ2n) is 10.1. The van der Waals surface area contributed by atoms with Gasteiger partial charge in [-0.15, -0.1) is 0 Å². The highest BCUT2D eigenvalue weighted by Gasteiger charge is 2.35. The Morgan fingerprint density at radius 1 is 1.05 bits per heavy atom. The summed E-state index contributed by atoms with van der Waals surface area (Å²) in [6.45, 7) is 2.69. The summed E-state index contributed by atoms with van der Waals surface area (Å²) in [6, 6.07) is 19.0. The third kappa shape index (κ3) is 7.32. The van der Waals surface area contributed by atoms with Crippen LogP contribution in [0.25, 0.3) is 0 Å². The van der Waals surface area contributed by atoms with Crippen LogP contribution in [0.3, 0.4) is 0 Å². The van der Waals surface area contributed by atoms with E-state index in [1.54, 1.807) is 66.7 Å². The van der Waals surface area contributed by atoms with Gasteiger partial charge in [-0.05, 0) is 79.7 Å². The number of sulfonamides is 1. The normalized spacial score (nSPS) is 15.1. The molecule has 1 aliphatic heterocycles. The molecule has 0 radical (unpaired) electrons. The minimum absolute atomic E-state index is 0.0391. The molecule has 0 bridgehead atoms. The fraction of sp³-hybridized carbons (Fsp3) is 0.300. The van der Waals surface area contributed by atoms with Gasteiger partial charge in [0, 0.05) is 23.8 Å². The number of rotatable bonds is 12. The lowest BCUT2D eigenvalue weighted by molar-refractivity contribution is -0.136. The van der Waals surface area contributed by atoms with Crippen molar-refractivity contribution in [1.29, 1.82) is 0 Å². The van der Waals surface area contributed by atoms with Crippen LogP contribution in [0.1, 0.15) is 36.0 Å². The van der Waals surface area contributed by atoms with E-state index in [0.717, 1.165) is 0 Å². The van der Waals surface area contributed by atoms with Crippen molar-refractivity contribution in [3.8, 4) is 0 Å². The molecule has 3 aromatic rings. The monoisotopic (exact) mass is 596 g/mol. The van der Waals surface area contributed by atoms with E-state index in [4.69, 9.17) is 16.6 Å². The van der Waals surface area contributed by atoms with E-state index in [2.05, 4.69) is 5.32 Å². The Kier molecular flexibility index (Phi) is 9.47. The summed E-state index contributed by atoms with van der Waals surface area (Å²) < 4.78 is 27.5. The Balaban J connectivity index is 1.78. The molecule has 1 atom stereocenters. The summed E-state index contributed by atoms with van der Waals surface area (Å²) >= 11 is 6.16. The number of halogens is 1. The van der Waals surface area contributed by atoms with Gasteiger partial charge in [-0.1, -0.05) is 42.8 Å². The number of carboxylic acid groups (broad SMARTS) is 1. The summed E-state index contributed by atoms with van der Waals surface area (Å²) in [4.78, 5) is 31.4. The maximum absolute atomic E-state index is 13.2. The molecule has 9 nitrogen and oxygen atoms in total. The van der Waals surface area contributed by atoms with Gasteiger partial charge in [-0.2, -0.15) is 0 Å².